The molecule has 0 radical (unpaired) electrons. The first-order valence-electron chi connectivity index (χ1n) is 21.8. The number of cyclic esters (lactones) is 1. The lowest BCUT2D eigenvalue weighted by molar-refractivity contribution is -0.161. The molecule has 336 valence electrons. The molecule has 3 aliphatic heterocycles. The molecule has 1 unspecified atom stereocenters. The Bertz CT molecular complexity index is 2260. The molecule has 3 aromatic rings. The van der Waals surface area contributed by atoms with Crippen molar-refractivity contribution in [1.29, 1.82) is 0 Å². The van der Waals surface area contributed by atoms with Crippen molar-refractivity contribution in [2.75, 3.05) is 73.5 Å². The number of ether oxygens (including phenoxy) is 1. The highest BCUT2D eigenvalue weighted by Gasteiger charge is 2.56. The molecule has 0 saturated carbocycles. The highest BCUT2D eigenvalue weighted by molar-refractivity contribution is 5.98. The standard InChI is InChI=1S/C45H63N9O8/c1-8-28-29-13-10-11-14-33(29)48-38-30(28)25-54-35(38)23-32-31(42(54)58)26-62-44(61)45(32,9-2)39(52(7)22-21-51(6)20-19-50(5)18-16-46)41(57)47-24-36(55)53-17-12-15-34(53)40(56)49-37(27(3)4)43(59)60/h10-11,13-14,23,27,34,37,39H,8-9,12,15-22,24-26,46H2,1-7H3,(H,47,57)(H,49,56)(H,59,60)/t34-,37-,39?,45-/m0/s1. The molecule has 17 heteroatoms. The van der Waals surface area contributed by atoms with Gasteiger partial charge in [-0.1, -0.05) is 45.9 Å². The number of hydrogen-bond acceptors (Lipinski definition) is 12. The number of nitrogens with one attached hydrogen (secondary N) is 2. The summed E-state index contributed by atoms with van der Waals surface area (Å²) < 4.78 is 7.57. The SMILES string of the molecule is CCc1c2c(nc3ccccc13)-c1cc3c(c(=O)n1C2)COC(=O)[C@]3(CC)C(C(=O)NCC(=O)N1CCC[C@H]1C(=O)N[C@H](C(=O)O)C(C)C)N(C)CCN(C)CCN(C)CCN. The predicted octanol–water partition coefficient (Wildman–Crippen LogP) is 1.15. The summed E-state index contributed by atoms with van der Waals surface area (Å²) in [5, 5.41) is 16.1. The number of pyridine rings is 2. The van der Waals surface area contributed by atoms with Crippen LogP contribution >= 0.6 is 0 Å². The van der Waals surface area contributed by atoms with Crippen LogP contribution in [0.5, 0.6) is 0 Å². The van der Waals surface area contributed by atoms with Gasteiger partial charge in [0.15, 0.2) is 0 Å². The third kappa shape index (κ3) is 8.85. The summed E-state index contributed by atoms with van der Waals surface area (Å²) >= 11 is 0. The smallest absolute Gasteiger partial charge is 0.326 e. The van der Waals surface area contributed by atoms with Crippen LogP contribution in [0.4, 0.5) is 0 Å². The van der Waals surface area contributed by atoms with Gasteiger partial charge in [0.1, 0.15) is 30.1 Å². The number of likely N-dealkylation sites (tertiary alicyclic amines) is 1. The molecule has 0 bridgehead atoms. The number of amides is 3. The molecule has 0 spiro atoms. The van der Waals surface area contributed by atoms with E-state index in [0.29, 0.717) is 61.5 Å². The quantitative estimate of drug-likeness (QED) is 0.0977. The Morgan fingerprint density at radius 2 is 1.71 bits per heavy atom. The largest absolute Gasteiger partial charge is 0.480 e. The van der Waals surface area contributed by atoms with E-state index in [1.807, 2.05) is 44.4 Å². The number of esters is 1. The van der Waals surface area contributed by atoms with Gasteiger partial charge in [0.25, 0.3) is 5.56 Å². The summed E-state index contributed by atoms with van der Waals surface area (Å²) in [6.07, 6.45) is 1.67. The van der Waals surface area contributed by atoms with E-state index in [9.17, 15) is 33.9 Å². The molecule has 0 aliphatic carbocycles. The van der Waals surface area contributed by atoms with E-state index in [-0.39, 0.29) is 31.0 Å². The number of carboxylic acid groups (broad SMARTS) is 1. The van der Waals surface area contributed by atoms with Crippen molar-refractivity contribution < 1.29 is 33.8 Å². The Hall–Kier alpha value is -5.23. The lowest BCUT2D eigenvalue weighted by Gasteiger charge is -2.45. The zero-order valence-electron chi connectivity index (χ0n) is 37.2. The highest BCUT2D eigenvalue weighted by Crippen LogP contribution is 2.44. The highest BCUT2D eigenvalue weighted by atomic mass is 16.5. The Morgan fingerprint density at radius 3 is 2.37 bits per heavy atom. The molecule has 2 aromatic heterocycles. The summed E-state index contributed by atoms with van der Waals surface area (Å²) in [6, 6.07) is 6.45. The molecule has 4 atom stereocenters. The molecule has 6 rings (SSSR count). The number of aromatic nitrogens is 2. The zero-order valence-corrected chi connectivity index (χ0v) is 37.2. The molecule has 5 heterocycles. The molecule has 5 N–H and O–H groups in total. The number of carbonyl (C=O) groups excluding carboxylic acids is 4. The average molecular weight is 858 g/mol. The van der Waals surface area contributed by atoms with Crippen LogP contribution in [-0.4, -0.2) is 156 Å². The second kappa shape index (κ2) is 19.4. The van der Waals surface area contributed by atoms with E-state index in [4.69, 9.17) is 15.5 Å². The van der Waals surface area contributed by atoms with Crippen molar-refractivity contribution in [3.05, 3.63) is 62.9 Å². The number of hydrogen-bond donors (Lipinski definition) is 4. The zero-order chi connectivity index (χ0) is 45.0. The summed E-state index contributed by atoms with van der Waals surface area (Å²) in [5.41, 5.74) is 8.52. The topological polar surface area (TPSA) is 213 Å². The number of fused-ring (bicyclic) bond motifs is 5. The van der Waals surface area contributed by atoms with Crippen LogP contribution in [-0.2, 0) is 53.7 Å². The van der Waals surface area contributed by atoms with Crippen molar-refractivity contribution in [2.24, 2.45) is 11.7 Å². The third-order valence-electron chi connectivity index (χ3n) is 13.1. The number of aryl methyl sites for hydroxylation is 1. The Kier molecular flexibility index (Phi) is 14.5. The van der Waals surface area contributed by atoms with Gasteiger partial charge in [0.2, 0.25) is 17.7 Å². The number of carbonyl (C=O) groups is 5. The van der Waals surface area contributed by atoms with Crippen LogP contribution in [0.2, 0.25) is 0 Å². The van der Waals surface area contributed by atoms with E-state index >= 15 is 0 Å². The number of carboxylic acids is 1. The van der Waals surface area contributed by atoms with Gasteiger partial charge in [-0.2, -0.15) is 0 Å². The molecule has 3 amide bonds. The van der Waals surface area contributed by atoms with Crippen LogP contribution in [0.15, 0.2) is 35.1 Å². The van der Waals surface area contributed by atoms with E-state index < -0.39 is 59.7 Å². The monoisotopic (exact) mass is 857 g/mol. The van der Waals surface area contributed by atoms with Gasteiger partial charge >= 0.3 is 11.9 Å². The predicted molar refractivity (Wildman–Crippen MR) is 234 cm³/mol. The minimum atomic E-state index is -1.67. The summed E-state index contributed by atoms with van der Waals surface area (Å²) in [7, 11) is 5.73. The van der Waals surface area contributed by atoms with Gasteiger partial charge in [-0.3, -0.25) is 28.9 Å². The minimum absolute atomic E-state index is 0.0883. The number of para-hydroxylation sites is 1. The van der Waals surface area contributed by atoms with Gasteiger partial charge in [-0.25, -0.2) is 9.78 Å². The van der Waals surface area contributed by atoms with Gasteiger partial charge in [0, 0.05) is 56.8 Å². The van der Waals surface area contributed by atoms with Crippen LogP contribution in [0.25, 0.3) is 22.3 Å². The van der Waals surface area contributed by atoms with Gasteiger partial charge in [0.05, 0.1) is 35.6 Å². The third-order valence-corrected chi connectivity index (χ3v) is 13.1. The fraction of sp³-hybridized carbons (Fsp3) is 0.578. The van der Waals surface area contributed by atoms with E-state index in [0.717, 1.165) is 48.1 Å². The summed E-state index contributed by atoms with van der Waals surface area (Å²) in [6.45, 7) is 10.7. The molecule has 3 aliphatic rings. The van der Waals surface area contributed by atoms with E-state index in [2.05, 4.69) is 27.4 Å². The maximum Gasteiger partial charge on any atom is 0.326 e. The Morgan fingerprint density at radius 1 is 1.02 bits per heavy atom. The summed E-state index contributed by atoms with van der Waals surface area (Å²) in [5.74, 6) is -3.92. The lowest BCUT2D eigenvalue weighted by Crippen LogP contribution is -2.64. The average Bonchev–Trinajstić information content (AvgIpc) is 3.89. The van der Waals surface area contributed by atoms with Crippen LogP contribution < -0.4 is 21.9 Å². The van der Waals surface area contributed by atoms with Crippen LogP contribution in [0.1, 0.15) is 69.2 Å². The summed E-state index contributed by atoms with van der Waals surface area (Å²) in [4.78, 5) is 95.6. The number of nitrogens with zero attached hydrogens (tertiary/aromatic N) is 6. The first-order chi connectivity index (χ1) is 29.6. The molecule has 62 heavy (non-hydrogen) atoms. The minimum Gasteiger partial charge on any atom is -0.480 e. The number of rotatable bonds is 19. The number of benzene rings is 1. The van der Waals surface area contributed by atoms with Crippen molar-refractivity contribution in [3.63, 3.8) is 0 Å². The van der Waals surface area contributed by atoms with Gasteiger partial charge in [-0.05, 0) is 76.0 Å². The number of likely N-dealkylation sites (N-methyl/N-ethyl adjacent to an activating group) is 3. The van der Waals surface area contributed by atoms with Crippen LogP contribution in [0.3, 0.4) is 0 Å². The molecular formula is C45H63N9O8. The first-order valence-corrected chi connectivity index (χ1v) is 21.8. The Labute approximate surface area is 362 Å². The Balaban J connectivity index is 1.36. The molecule has 1 fully saturated rings. The van der Waals surface area contributed by atoms with Crippen molar-refractivity contribution in [1.82, 2.24) is 39.8 Å². The number of nitrogens with two attached hydrogens (primary N) is 1. The molecule has 17 nitrogen and oxygen atoms in total. The number of aliphatic carboxylic acids is 1. The normalized spacial score (nSPS) is 19.1. The van der Waals surface area contributed by atoms with Gasteiger partial charge in [-0.15, -0.1) is 0 Å². The van der Waals surface area contributed by atoms with E-state index in [1.54, 1.807) is 37.3 Å². The van der Waals surface area contributed by atoms with Crippen molar-refractivity contribution >= 4 is 40.6 Å². The second-order valence-electron chi connectivity index (χ2n) is 17.3. The van der Waals surface area contributed by atoms with Crippen LogP contribution in [0, 0.1) is 5.92 Å². The fourth-order valence-corrected chi connectivity index (χ4v) is 9.51. The maximum absolute atomic E-state index is 14.9. The van der Waals surface area contributed by atoms with Gasteiger partial charge < -0.3 is 45.5 Å². The van der Waals surface area contributed by atoms with Crippen molar-refractivity contribution in [2.45, 2.75) is 90.1 Å². The first kappa shape index (κ1) is 46.3. The van der Waals surface area contributed by atoms with Crippen molar-refractivity contribution in [3.8, 4) is 11.4 Å². The maximum atomic E-state index is 14.9. The molecule has 1 saturated heterocycles. The second-order valence-corrected chi connectivity index (χ2v) is 17.3. The fourth-order valence-electron chi connectivity index (χ4n) is 9.51. The molecule has 1 aromatic carbocycles. The van der Waals surface area contributed by atoms with E-state index in [1.165, 1.54) is 4.90 Å². The molecular weight excluding hydrogens is 795 g/mol. The lowest BCUT2D eigenvalue weighted by atomic mass is 9.68.